The highest BCUT2D eigenvalue weighted by Gasteiger charge is 2.52. The van der Waals surface area contributed by atoms with Crippen molar-refractivity contribution in [3.63, 3.8) is 0 Å². The SMILES string of the molecule is CC1(C)COC2(CC[C@@H](C=CC(OC3CCCCO3)C3CCCCC3)[C@@H]2CC=CCCCC(=O)O)OC1. The lowest BCUT2D eigenvalue weighted by Crippen LogP contribution is -2.50. The zero-order chi connectivity index (χ0) is 26.1. The van der Waals surface area contributed by atoms with Gasteiger partial charge in [-0.2, -0.15) is 0 Å². The summed E-state index contributed by atoms with van der Waals surface area (Å²) in [6, 6.07) is 0. The van der Waals surface area contributed by atoms with Gasteiger partial charge in [-0.25, -0.2) is 0 Å². The molecular weight excluding hydrogens is 468 g/mol. The average Bonchev–Trinajstić information content (AvgIpc) is 3.23. The summed E-state index contributed by atoms with van der Waals surface area (Å²) in [7, 11) is 0. The maximum atomic E-state index is 10.8. The Kier molecular flexibility index (Phi) is 10.7. The van der Waals surface area contributed by atoms with E-state index < -0.39 is 11.8 Å². The number of carboxylic acid groups (broad SMARTS) is 1. The average molecular weight is 519 g/mol. The monoisotopic (exact) mass is 518 g/mol. The smallest absolute Gasteiger partial charge is 0.303 e. The number of carbonyl (C=O) groups is 1. The van der Waals surface area contributed by atoms with Gasteiger partial charge in [0.2, 0.25) is 0 Å². The summed E-state index contributed by atoms with van der Waals surface area (Å²) in [5, 5.41) is 8.90. The largest absolute Gasteiger partial charge is 0.481 e. The van der Waals surface area contributed by atoms with Crippen molar-refractivity contribution in [3.05, 3.63) is 24.3 Å². The van der Waals surface area contributed by atoms with Crippen LogP contribution in [0.15, 0.2) is 24.3 Å². The number of unbranched alkanes of at least 4 members (excludes halogenated alkanes) is 1. The van der Waals surface area contributed by atoms with Gasteiger partial charge < -0.3 is 24.1 Å². The second kappa shape index (κ2) is 13.7. The van der Waals surface area contributed by atoms with Crippen LogP contribution in [0.2, 0.25) is 0 Å². The molecule has 2 unspecified atom stereocenters. The van der Waals surface area contributed by atoms with Gasteiger partial charge in [-0.05, 0) is 69.6 Å². The van der Waals surface area contributed by atoms with Crippen LogP contribution in [0.1, 0.15) is 104 Å². The molecule has 37 heavy (non-hydrogen) atoms. The Morgan fingerprint density at radius 2 is 1.78 bits per heavy atom. The van der Waals surface area contributed by atoms with Crippen molar-refractivity contribution in [2.45, 2.75) is 122 Å². The zero-order valence-electron chi connectivity index (χ0n) is 23.2. The maximum Gasteiger partial charge on any atom is 0.303 e. The molecule has 4 rings (SSSR count). The fraction of sp³-hybridized carbons (Fsp3) is 0.839. The summed E-state index contributed by atoms with van der Waals surface area (Å²) in [5.41, 5.74) is 0.0380. The number of hydrogen-bond donors (Lipinski definition) is 1. The van der Waals surface area contributed by atoms with E-state index in [0.717, 1.165) is 58.3 Å². The molecule has 210 valence electrons. The van der Waals surface area contributed by atoms with Gasteiger partial charge in [0, 0.05) is 30.8 Å². The van der Waals surface area contributed by atoms with Gasteiger partial charge in [-0.15, -0.1) is 0 Å². The summed E-state index contributed by atoms with van der Waals surface area (Å²) in [6.07, 6.45) is 23.4. The van der Waals surface area contributed by atoms with Gasteiger partial charge in [-0.1, -0.05) is 57.4 Å². The van der Waals surface area contributed by atoms with Crippen LogP contribution < -0.4 is 0 Å². The standard InChI is InChI=1S/C31H50O6/c1-30(2)22-35-31(36-23-30)20-19-24(26(31)14-8-3-4-9-15-28(32)33)17-18-27(25-12-6-5-7-13-25)37-29-16-10-11-21-34-29/h3,8,17-18,24-27,29H,4-7,9-16,19-23H2,1-2H3,(H,32,33)/t24-,26+,27?,29?/m1/s1. The minimum Gasteiger partial charge on any atom is -0.481 e. The van der Waals surface area contributed by atoms with Crippen LogP contribution in [0.4, 0.5) is 0 Å². The third kappa shape index (κ3) is 8.39. The van der Waals surface area contributed by atoms with E-state index in [0.29, 0.717) is 18.3 Å². The first kappa shape index (κ1) is 28.8. The Bertz CT molecular complexity index is 752. The second-order valence-electron chi connectivity index (χ2n) is 12.5. The molecule has 2 saturated carbocycles. The first-order valence-electron chi connectivity index (χ1n) is 15.0. The number of hydrogen-bond acceptors (Lipinski definition) is 5. The molecule has 0 aromatic heterocycles. The second-order valence-corrected chi connectivity index (χ2v) is 12.5. The van der Waals surface area contributed by atoms with Crippen molar-refractivity contribution in [2.24, 2.45) is 23.2 Å². The zero-order valence-corrected chi connectivity index (χ0v) is 23.2. The van der Waals surface area contributed by atoms with E-state index in [-0.39, 0.29) is 30.1 Å². The highest BCUT2D eigenvalue weighted by Crippen LogP contribution is 2.50. The van der Waals surface area contributed by atoms with Crippen molar-refractivity contribution in [3.8, 4) is 0 Å². The summed E-state index contributed by atoms with van der Waals surface area (Å²) >= 11 is 0. The lowest BCUT2D eigenvalue weighted by molar-refractivity contribution is -0.315. The molecule has 6 heteroatoms. The molecule has 2 heterocycles. The Labute approximate surface area is 224 Å². The van der Waals surface area contributed by atoms with E-state index >= 15 is 0 Å². The van der Waals surface area contributed by atoms with Gasteiger partial charge >= 0.3 is 5.97 Å². The van der Waals surface area contributed by atoms with Crippen LogP contribution >= 0.6 is 0 Å². The summed E-state index contributed by atoms with van der Waals surface area (Å²) < 4.78 is 25.6. The molecule has 2 aliphatic heterocycles. The summed E-state index contributed by atoms with van der Waals surface area (Å²) in [5.74, 6) is -0.0704. The Balaban J connectivity index is 1.44. The molecule has 0 aromatic carbocycles. The number of allylic oxidation sites excluding steroid dienone is 3. The van der Waals surface area contributed by atoms with Gasteiger partial charge in [0.15, 0.2) is 12.1 Å². The molecule has 0 amide bonds. The van der Waals surface area contributed by atoms with Gasteiger partial charge in [0.05, 0.1) is 19.3 Å². The minimum atomic E-state index is -0.728. The first-order chi connectivity index (χ1) is 17.9. The van der Waals surface area contributed by atoms with Crippen LogP contribution in [-0.2, 0) is 23.7 Å². The van der Waals surface area contributed by atoms with Gasteiger partial charge in [0.25, 0.3) is 0 Å². The van der Waals surface area contributed by atoms with Crippen molar-refractivity contribution >= 4 is 5.97 Å². The molecule has 0 bridgehead atoms. The maximum absolute atomic E-state index is 10.8. The van der Waals surface area contributed by atoms with Crippen LogP contribution in [0, 0.1) is 23.2 Å². The van der Waals surface area contributed by atoms with E-state index in [1.54, 1.807) is 0 Å². The van der Waals surface area contributed by atoms with Crippen molar-refractivity contribution in [1.29, 1.82) is 0 Å². The number of carboxylic acids is 1. The molecule has 0 aromatic rings. The van der Waals surface area contributed by atoms with Crippen molar-refractivity contribution in [1.82, 2.24) is 0 Å². The van der Waals surface area contributed by atoms with Crippen molar-refractivity contribution in [2.75, 3.05) is 19.8 Å². The van der Waals surface area contributed by atoms with E-state index in [1.165, 1.54) is 38.5 Å². The lowest BCUT2D eigenvalue weighted by Gasteiger charge is -2.45. The minimum absolute atomic E-state index is 0.0380. The highest BCUT2D eigenvalue weighted by molar-refractivity contribution is 5.66. The van der Waals surface area contributed by atoms with E-state index in [2.05, 4.69) is 38.2 Å². The van der Waals surface area contributed by atoms with E-state index in [9.17, 15) is 4.79 Å². The molecular formula is C31H50O6. The molecule has 1 spiro atoms. The molecule has 6 nitrogen and oxygen atoms in total. The van der Waals surface area contributed by atoms with Gasteiger partial charge in [-0.3, -0.25) is 4.79 Å². The van der Waals surface area contributed by atoms with Crippen molar-refractivity contribution < 1.29 is 28.8 Å². The predicted octanol–water partition coefficient (Wildman–Crippen LogP) is 7.03. The number of ether oxygens (including phenoxy) is 4. The molecule has 2 saturated heterocycles. The Hall–Kier alpha value is -1.21. The van der Waals surface area contributed by atoms with Gasteiger partial charge in [0.1, 0.15) is 0 Å². The van der Waals surface area contributed by atoms with Crippen LogP contribution in [0.25, 0.3) is 0 Å². The van der Waals surface area contributed by atoms with Crippen LogP contribution in [0.3, 0.4) is 0 Å². The predicted molar refractivity (Wildman–Crippen MR) is 144 cm³/mol. The van der Waals surface area contributed by atoms with E-state index in [1.807, 2.05) is 0 Å². The third-order valence-electron chi connectivity index (χ3n) is 8.75. The topological polar surface area (TPSA) is 74.2 Å². The number of rotatable bonds is 11. The Morgan fingerprint density at radius 3 is 2.49 bits per heavy atom. The molecule has 4 atom stereocenters. The van der Waals surface area contributed by atoms with Crippen LogP contribution in [-0.4, -0.2) is 49.1 Å². The normalized spacial score (nSPS) is 31.4. The quantitative estimate of drug-likeness (QED) is 0.234. The Morgan fingerprint density at radius 1 is 1.03 bits per heavy atom. The fourth-order valence-electron chi connectivity index (χ4n) is 6.50. The molecule has 2 aliphatic carbocycles. The van der Waals surface area contributed by atoms with E-state index in [4.69, 9.17) is 24.1 Å². The highest BCUT2D eigenvalue weighted by atomic mass is 16.7. The van der Waals surface area contributed by atoms with Crippen LogP contribution in [0.5, 0.6) is 0 Å². The third-order valence-corrected chi connectivity index (χ3v) is 8.75. The molecule has 0 radical (unpaired) electrons. The molecule has 4 fully saturated rings. The summed E-state index contributed by atoms with van der Waals surface area (Å²) in [6.45, 7) is 6.64. The number of aliphatic carboxylic acids is 1. The fourth-order valence-corrected chi connectivity index (χ4v) is 6.50. The first-order valence-corrected chi connectivity index (χ1v) is 15.0. The summed E-state index contributed by atoms with van der Waals surface area (Å²) in [4.78, 5) is 10.8. The lowest BCUT2D eigenvalue weighted by atomic mass is 9.83. The molecule has 1 N–H and O–H groups in total. The molecule has 4 aliphatic rings.